The molecule has 0 heterocycles. The first-order valence-electron chi connectivity index (χ1n) is 4.98. The number of aliphatic carboxylic acids is 4. The van der Waals surface area contributed by atoms with Crippen molar-refractivity contribution in [2.75, 3.05) is 0 Å². The highest BCUT2D eigenvalue weighted by atomic mass is 16.4. The molecule has 0 unspecified atom stereocenters. The molecule has 0 radical (unpaired) electrons. The van der Waals surface area contributed by atoms with Gasteiger partial charge in [0.1, 0.15) is 12.1 Å². The van der Waals surface area contributed by atoms with Crippen LogP contribution in [0.1, 0.15) is 19.3 Å². The normalized spacial score (nSPS) is 12.5. The lowest BCUT2D eigenvalue weighted by atomic mass is 10.2. The second-order valence-corrected chi connectivity index (χ2v) is 3.42. The van der Waals surface area contributed by atoms with Gasteiger partial charge in [0.05, 0.1) is 6.42 Å². The highest BCUT2D eigenvalue weighted by Gasteiger charge is 2.14. The molecule has 0 aromatic carbocycles. The van der Waals surface area contributed by atoms with Crippen LogP contribution in [0, 0.1) is 0 Å². The van der Waals surface area contributed by atoms with Crippen LogP contribution in [0.4, 0.5) is 0 Å². The smallest absolute Gasteiger partial charge is 0.321 e. The molecule has 0 saturated heterocycles. The van der Waals surface area contributed by atoms with Crippen LogP contribution in [-0.4, -0.2) is 56.4 Å². The maximum Gasteiger partial charge on any atom is 0.321 e. The van der Waals surface area contributed by atoms with E-state index in [-0.39, 0.29) is 12.8 Å². The minimum absolute atomic E-state index is 0.0231. The van der Waals surface area contributed by atoms with E-state index in [2.05, 4.69) is 0 Å². The van der Waals surface area contributed by atoms with Gasteiger partial charge in [-0.05, 0) is 6.42 Å². The number of rotatable bonds is 7. The van der Waals surface area contributed by atoms with Crippen LogP contribution in [0.15, 0.2) is 0 Å². The highest BCUT2D eigenvalue weighted by Crippen LogP contribution is 1.93. The lowest BCUT2D eigenvalue weighted by Crippen LogP contribution is -2.32. The van der Waals surface area contributed by atoms with Crippen LogP contribution in [0.3, 0.4) is 0 Å². The van der Waals surface area contributed by atoms with Crippen molar-refractivity contribution in [3.05, 3.63) is 0 Å². The zero-order valence-electron chi connectivity index (χ0n) is 9.85. The van der Waals surface area contributed by atoms with Gasteiger partial charge in [-0.1, -0.05) is 0 Å². The van der Waals surface area contributed by atoms with E-state index in [0.717, 1.165) is 0 Å². The van der Waals surface area contributed by atoms with Crippen LogP contribution >= 0.6 is 0 Å². The molecule has 0 aliphatic carbocycles. The number of carbonyl (C=O) groups is 4. The van der Waals surface area contributed by atoms with Crippen molar-refractivity contribution in [3.8, 4) is 0 Å². The molecule has 0 bridgehead atoms. The summed E-state index contributed by atoms with van der Waals surface area (Å²) in [5.41, 5.74) is 9.84. The molecule has 0 aliphatic heterocycles. The third kappa shape index (κ3) is 13.7. The molecule has 8 N–H and O–H groups in total. The Hall–Kier alpha value is -2.20. The zero-order chi connectivity index (χ0) is 15.6. The third-order valence-corrected chi connectivity index (χ3v) is 1.70. The van der Waals surface area contributed by atoms with E-state index in [1.165, 1.54) is 0 Å². The SMILES string of the molecule is N[C@H](CC(=O)O)C(=O)O.N[C@H](CCC(=O)O)C(=O)O. The van der Waals surface area contributed by atoms with E-state index in [1.54, 1.807) is 0 Å². The Morgan fingerprint density at radius 1 is 0.789 bits per heavy atom. The Balaban J connectivity index is 0. The van der Waals surface area contributed by atoms with Gasteiger partial charge in [-0.25, -0.2) is 0 Å². The lowest BCUT2D eigenvalue weighted by molar-refractivity contribution is -0.144. The van der Waals surface area contributed by atoms with Crippen molar-refractivity contribution < 1.29 is 39.6 Å². The molecule has 0 aromatic heterocycles. The molecule has 0 rings (SSSR count). The topological polar surface area (TPSA) is 201 Å². The van der Waals surface area contributed by atoms with Crippen LogP contribution < -0.4 is 11.5 Å². The molecule has 2 atom stereocenters. The number of hydrogen-bond acceptors (Lipinski definition) is 6. The van der Waals surface area contributed by atoms with Crippen LogP contribution in [0.2, 0.25) is 0 Å². The largest absolute Gasteiger partial charge is 0.481 e. The fraction of sp³-hybridized carbons (Fsp3) is 0.556. The Bertz CT molecular complexity index is 343. The molecule has 0 aliphatic rings. The quantitative estimate of drug-likeness (QED) is 0.307. The standard InChI is InChI=1S/C5H9NO4.C4H7NO4/c6-3(5(9)10)1-2-4(7)8;5-2(4(8)9)1-3(6)7/h3H,1-2,6H2,(H,7,8)(H,9,10);2H,1,5H2,(H,6,7)(H,8,9)/t3-;2-/m11/s1. The van der Waals surface area contributed by atoms with Crippen molar-refractivity contribution in [1.29, 1.82) is 0 Å². The molecule has 0 spiro atoms. The van der Waals surface area contributed by atoms with Gasteiger partial charge >= 0.3 is 23.9 Å². The van der Waals surface area contributed by atoms with Crippen molar-refractivity contribution in [2.45, 2.75) is 31.3 Å². The lowest BCUT2D eigenvalue weighted by Gasteiger charge is -2.01. The van der Waals surface area contributed by atoms with E-state index < -0.39 is 42.4 Å². The first kappa shape index (κ1) is 19.1. The number of hydrogen-bond donors (Lipinski definition) is 6. The molecule has 0 saturated carbocycles. The van der Waals surface area contributed by atoms with E-state index in [4.69, 9.17) is 31.9 Å². The van der Waals surface area contributed by atoms with Gasteiger partial charge in [0.2, 0.25) is 0 Å². The molecule has 110 valence electrons. The average Bonchev–Trinajstić information content (AvgIpc) is 2.25. The number of carboxylic acid groups (broad SMARTS) is 4. The van der Waals surface area contributed by atoms with Gasteiger partial charge in [0, 0.05) is 6.42 Å². The Morgan fingerprint density at radius 3 is 1.42 bits per heavy atom. The summed E-state index contributed by atoms with van der Waals surface area (Å²) in [5.74, 6) is -4.69. The first-order chi connectivity index (χ1) is 8.57. The summed E-state index contributed by atoms with van der Waals surface area (Å²) in [7, 11) is 0. The number of carboxylic acids is 4. The summed E-state index contributed by atoms with van der Waals surface area (Å²) < 4.78 is 0. The minimum atomic E-state index is -1.29. The van der Waals surface area contributed by atoms with Crippen LogP contribution in [0.25, 0.3) is 0 Å². The fourth-order valence-electron chi connectivity index (χ4n) is 0.678. The first-order valence-corrected chi connectivity index (χ1v) is 4.98. The van der Waals surface area contributed by atoms with Gasteiger partial charge in [-0.2, -0.15) is 0 Å². The van der Waals surface area contributed by atoms with Gasteiger partial charge in [0.15, 0.2) is 0 Å². The molecule has 10 heteroatoms. The summed E-state index contributed by atoms with van der Waals surface area (Å²) in [6, 6.07) is -2.35. The second kappa shape index (κ2) is 9.79. The maximum atomic E-state index is 9.99. The average molecular weight is 280 g/mol. The predicted molar refractivity (Wildman–Crippen MR) is 60.3 cm³/mol. The van der Waals surface area contributed by atoms with E-state index in [9.17, 15) is 19.2 Å². The summed E-state index contributed by atoms with van der Waals surface area (Å²) in [6.45, 7) is 0. The second-order valence-electron chi connectivity index (χ2n) is 3.42. The zero-order valence-corrected chi connectivity index (χ0v) is 9.85. The summed E-state index contributed by atoms with van der Waals surface area (Å²) >= 11 is 0. The van der Waals surface area contributed by atoms with Gasteiger partial charge in [0.25, 0.3) is 0 Å². The Morgan fingerprint density at radius 2 is 1.21 bits per heavy atom. The van der Waals surface area contributed by atoms with E-state index >= 15 is 0 Å². The molecule has 10 nitrogen and oxygen atoms in total. The number of nitrogens with two attached hydrogens (primary N) is 2. The van der Waals surface area contributed by atoms with Gasteiger partial charge in [-0.15, -0.1) is 0 Å². The molecular weight excluding hydrogens is 264 g/mol. The maximum absolute atomic E-state index is 9.99. The highest BCUT2D eigenvalue weighted by molar-refractivity contribution is 5.80. The van der Waals surface area contributed by atoms with Crippen LogP contribution in [-0.2, 0) is 19.2 Å². The monoisotopic (exact) mass is 280 g/mol. The summed E-state index contributed by atoms with van der Waals surface area (Å²) in [5, 5.41) is 32.3. The molecule has 0 amide bonds. The third-order valence-electron chi connectivity index (χ3n) is 1.70. The van der Waals surface area contributed by atoms with Crippen LogP contribution in [0.5, 0.6) is 0 Å². The van der Waals surface area contributed by atoms with Crippen molar-refractivity contribution in [3.63, 3.8) is 0 Å². The Kier molecular flexibility index (Phi) is 9.87. The molecule has 0 aromatic rings. The van der Waals surface area contributed by atoms with Crippen molar-refractivity contribution in [2.24, 2.45) is 11.5 Å². The van der Waals surface area contributed by atoms with Gasteiger partial charge < -0.3 is 31.9 Å². The summed E-state index contributed by atoms with van der Waals surface area (Å²) in [6.07, 6.45) is -0.756. The molecule has 19 heavy (non-hydrogen) atoms. The summed E-state index contributed by atoms with van der Waals surface area (Å²) in [4.78, 5) is 39.5. The fourth-order valence-corrected chi connectivity index (χ4v) is 0.678. The van der Waals surface area contributed by atoms with E-state index in [1.807, 2.05) is 0 Å². The molecular formula is C9H16N2O8. The minimum Gasteiger partial charge on any atom is -0.481 e. The van der Waals surface area contributed by atoms with Gasteiger partial charge in [-0.3, -0.25) is 19.2 Å². The Labute approximate surface area is 107 Å². The predicted octanol–water partition coefficient (Wildman–Crippen LogP) is -1.86. The van der Waals surface area contributed by atoms with Crippen molar-refractivity contribution >= 4 is 23.9 Å². The van der Waals surface area contributed by atoms with E-state index in [0.29, 0.717) is 0 Å². The van der Waals surface area contributed by atoms with Crippen molar-refractivity contribution in [1.82, 2.24) is 0 Å². The molecule has 0 fully saturated rings.